The average molecular weight is 335 g/mol. The molecule has 0 amide bonds. The summed E-state index contributed by atoms with van der Waals surface area (Å²) in [6, 6.07) is 14.0. The lowest BCUT2D eigenvalue weighted by Gasteiger charge is -2.30. The highest BCUT2D eigenvalue weighted by molar-refractivity contribution is 8.00. The third kappa shape index (κ3) is 2.24. The minimum absolute atomic E-state index is 0.137. The number of amidine groups is 1. The highest BCUT2D eigenvalue weighted by Crippen LogP contribution is 2.47. The number of hydrogen-bond donors (Lipinski definition) is 0. The van der Waals surface area contributed by atoms with Gasteiger partial charge in [0, 0.05) is 22.2 Å². The Bertz CT molecular complexity index is 725. The van der Waals surface area contributed by atoms with Crippen molar-refractivity contribution in [2.45, 2.75) is 11.9 Å². The molecule has 2 aliphatic rings. The Labute approximate surface area is 137 Å². The van der Waals surface area contributed by atoms with Gasteiger partial charge < -0.3 is 4.90 Å². The minimum Gasteiger partial charge on any atom is -0.339 e. The first-order valence-electron chi connectivity index (χ1n) is 6.71. The third-order valence-corrected chi connectivity index (χ3v) is 5.70. The number of para-hydroxylation sites is 1. The van der Waals surface area contributed by atoms with Gasteiger partial charge in [0.2, 0.25) is 0 Å². The fourth-order valence-electron chi connectivity index (χ4n) is 2.79. The molecule has 0 aliphatic carbocycles. The second-order valence-corrected chi connectivity index (χ2v) is 6.97. The van der Waals surface area contributed by atoms with Crippen LogP contribution in [-0.2, 0) is 6.54 Å². The molecular weight excluding hydrogens is 323 g/mol. The molecule has 0 bridgehead atoms. The van der Waals surface area contributed by atoms with E-state index in [2.05, 4.69) is 23.1 Å². The van der Waals surface area contributed by atoms with E-state index in [-0.39, 0.29) is 5.37 Å². The zero-order valence-corrected chi connectivity index (χ0v) is 13.4. The summed E-state index contributed by atoms with van der Waals surface area (Å²) in [5.74, 6) is 2.00. The lowest BCUT2D eigenvalue weighted by Crippen LogP contribution is -2.30. The summed E-state index contributed by atoms with van der Waals surface area (Å²) >= 11 is 14.6. The molecule has 4 rings (SSSR count). The molecule has 2 heterocycles. The predicted octanol–water partition coefficient (Wildman–Crippen LogP) is 5.28. The van der Waals surface area contributed by atoms with Gasteiger partial charge in [0.15, 0.2) is 0 Å². The highest BCUT2D eigenvalue weighted by Gasteiger charge is 2.36. The van der Waals surface area contributed by atoms with Gasteiger partial charge in [-0.1, -0.05) is 47.5 Å². The SMILES string of the molecule is Clc1cccc(Cl)c1C1SCC2=Nc3ccccc3CN21. The molecule has 0 aromatic heterocycles. The van der Waals surface area contributed by atoms with Crippen molar-refractivity contribution in [2.75, 3.05) is 5.75 Å². The molecule has 1 unspecified atom stereocenters. The van der Waals surface area contributed by atoms with Crippen molar-refractivity contribution >= 4 is 46.5 Å². The highest BCUT2D eigenvalue weighted by atomic mass is 35.5. The van der Waals surface area contributed by atoms with Crippen molar-refractivity contribution in [1.82, 2.24) is 4.90 Å². The van der Waals surface area contributed by atoms with Gasteiger partial charge in [-0.2, -0.15) is 0 Å². The van der Waals surface area contributed by atoms with E-state index in [0.29, 0.717) is 0 Å². The summed E-state index contributed by atoms with van der Waals surface area (Å²) in [4.78, 5) is 7.08. The van der Waals surface area contributed by atoms with Crippen molar-refractivity contribution in [3.8, 4) is 0 Å². The summed E-state index contributed by atoms with van der Waals surface area (Å²) in [5.41, 5.74) is 3.32. The van der Waals surface area contributed by atoms with Crippen LogP contribution in [0.2, 0.25) is 10.0 Å². The molecule has 1 saturated heterocycles. The monoisotopic (exact) mass is 334 g/mol. The van der Waals surface area contributed by atoms with Crippen LogP contribution in [0.4, 0.5) is 5.69 Å². The molecule has 1 atom stereocenters. The minimum atomic E-state index is 0.137. The summed E-state index contributed by atoms with van der Waals surface area (Å²) in [6.07, 6.45) is 0. The van der Waals surface area contributed by atoms with Crippen LogP contribution in [0, 0.1) is 0 Å². The van der Waals surface area contributed by atoms with Gasteiger partial charge in [-0.25, -0.2) is 4.99 Å². The first-order valence-corrected chi connectivity index (χ1v) is 8.52. The van der Waals surface area contributed by atoms with Crippen LogP contribution in [0.1, 0.15) is 16.5 Å². The van der Waals surface area contributed by atoms with Crippen molar-refractivity contribution in [3.63, 3.8) is 0 Å². The lowest BCUT2D eigenvalue weighted by molar-refractivity contribution is 0.400. The Balaban J connectivity index is 1.76. The summed E-state index contributed by atoms with van der Waals surface area (Å²) < 4.78 is 0. The van der Waals surface area contributed by atoms with Crippen LogP contribution in [0.3, 0.4) is 0 Å². The van der Waals surface area contributed by atoms with E-state index in [1.807, 2.05) is 36.0 Å². The molecule has 0 spiro atoms. The van der Waals surface area contributed by atoms with Gasteiger partial charge in [0.05, 0.1) is 11.4 Å². The molecule has 21 heavy (non-hydrogen) atoms. The molecule has 106 valence electrons. The van der Waals surface area contributed by atoms with E-state index in [9.17, 15) is 0 Å². The fraction of sp³-hybridized carbons (Fsp3) is 0.188. The van der Waals surface area contributed by atoms with Crippen LogP contribution >= 0.6 is 35.0 Å². The maximum absolute atomic E-state index is 6.38. The van der Waals surface area contributed by atoms with E-state index in [1.54, 1.807) is 0 Å². The summed E-state index contributed by atoms with van der Waals surface area (Å²) in [6.45, 7) is 0.855. The molecule has 2 aromatic rings. The number of fused-ring (bicyclic) bond motifs is 2. The molecular formula is C16H12Cl2N2S. The van der Waals surface area contributed by atoms with Crippen molar-refractivity contribution in [3.05, 3.63) is 63.6 Å². The van der Waals surface area contributed by atoms with Crippen molar-refractivity contribution in [2.24, 2.45) is 4.99 Å². The molecule has 5 heteroatoms. The molecule has 2 aliphatic heterocycles. The summed E-state index contributed by atoms with van der Waals surface area (Å²) in [7, 11) is 0. The first-order chi connectivity index (χ1) is 10.2. The van der Waals surface area contributed by atoms with E-state index in [1.165, 1.54) is 5.56 Å². The number of benzene rings is 2. The number of hydrogen-bond acceptors (Lipinski definition) is 3. The summed E-state index contributed by atoms with van der Waals surface area (Å²) in [5, 5.41) is 1.58. The molecule has 0 saturated carbocycles. The van der Waals surface area contributed by atoms with Crippen molar-refractivity contribution in [1.29, 1.82) is 0 Å². The Morgan fingerprint density at radius 2 is 1.81 bits per heavy atom. The van der Waals surface area contributed by atoms with Crippen molar-refractivity contribution < 1.29 is 0 Å². The van der Waals surface area contributed by atoms with E-state index in [4.69, 9.17) is 28.2 Å². The first kappa shape index (κ1) is 13.5. The number of thioether (sulfide) groups is 1. The largest absolute Gasteiger partial charge is 0.339 e. The van der Waals surface area contributed by atoms with Crippen LogP contribution in [-0.4, -0.2) is 16.5 Å². The quantitative estimate of drug-likeness (QED) is 0.704. The number of halogens is 2. The third-order valence-electron chi connectivity index (χ3n) is 3.81. The molecule has 2 nitrogen and oxygen atoms in total. The Morgan fingerprint density at radius 1 is 1.05 bits per heavy atom. The smallest absolute Gasteiger partial charge is 0.116 e. The zero-order chi connectivity index (χ0) is 14.4. The maximum atomic E-state index is 6.38. The fourth-order valence-corrected chi connectivity index (χ4v) is 4.86. The van der Waals surface area contributed by atoms with E-state index in [0.717, 1.165) is 39.4 Å². The van der Waals surface area contributed by atoms with E-state index < -0.39 is 0 Å². The molecule has 0 N–H and O–H groups in total. The van der Waals surface area contributed by atoms with Crippen LogP contribution in [0.5, 0.6) is 0 Å². The van der Waals surface area contributed by atoms with Gasteiger partial charge in [-0.3, -0.25) is 0 Å². The second-order valence-electron chi connectivity index (χ2n) is 5.08. The van der Waals surface area contributed by atoms with Gasteiger partial charge >= 0.3 is 0 Å². The van der Waals surface area contributed by atoms with Gasteiger partial charge in [-0.05, 0) is 23.8 Å². The molecule has 2 aromatic carbocycles. The lowest BCUT2D eigenvalue weighted by atomic mass is 10.1. The topological polar surface area (TPSA) is 15.6 Å². The Morgan fingerprint density at radius 3 is 2.62 bits per heavy atom. The van der Waals surface area contributed by atoms with Gasteiger partial charge in [-0.15, -0.1) is 11.8 Å². The number of rotatable bonds is 1. The molecule has 1 fully saturated rings. The standard InChI is InChI=1S/C16H12Cl2N2S/c17-11-5-3-6-12(18)15(11)16-20-8-10-4-1-2-7-13(10)19-14(20)9-21-16/h1-7,16H,8-9H2. The molecule has 0 radical (unpaired) electrons. The number of nitrogens with zero attached hydrogens (tertiary/aromatic N) is 2. The van der Waals surface area contributed by atoms with E-state index >= 15 is 0 Å². The predicted molar refractivity (Wildman–Crippen MR) is 90.7 cm³/mol. The number of aliphatic imine (C=N–C) groups is 1. The maximum Gasteiger partial charge on any atom is 0.116 e. The van der Waals surface area contributed by atoms with Crippen LogP contribution in [0.25, 0.3) is 0 Å². The average Bonchev–Trinajstić information content (AvgIpc) is 2.88. The van der Waals surface area contributed by atoms with Gasteiger partial charge in [0.1, 0.15) is 11.2 Å². The Kier molecular flexibility index (Phi) is 3.37. The zero-order valence-electron chi connectivity index (χ0n) is 11.1. The van der Waals surface area contributed by atoms with Gasteiger partial charge in [0.25, 0.3) is 0 Å². The van der Waals surface area contributed by atoms with Crippen LogP contribution < -0.4 is 0 Å². The van der Waals surface area contributed by atoms with Crippen LogP contribution in [0.15, 0.2) is 47.5 Å². The normalized spacial score (nSPS) is 20.0. The second kappa shape index (κ2) is 5.24. The Hall–Kier alpha value is -1.16.